The van der Waals surface area contributed by atoms with Crippen LogP contribution in [0.3, 0.4) is 0 Å². The molecule has 0 spiro atoms. The summed E-state index contributed by atoms with van der Waals surface area (Å²) in [5, 5.41) is 11.6. The van der Waals surface area contributed by atoms with Gasteiger partial charge in [-0.1, -0.05) is 12.8 Å². The summed E-state index contributed by atoms with van der Waals surface area (Å²) in [6.07, 6.45) is -1.67. The van der Waals surface area contributed by atoms with Gasteiger partial charge in [-0.05, 0) is 55.5 Å². The molecule has 1 saturated carbocycles. The van der Waals surface area contributed by atoms with Crippen LogP contribution in [0.15, 0.2) is 36.5 Å². The number of nitrogens with one attached hydrogen (secondary N) is 3. The first-order valence-corrected chi connectivity index (χ1v) is 12.4. The monoisotopic (exact) mass is 553 g/mol. The van der Waals surface area contributed by atoms with Crippen molar-refractivity contribution >= 4 is 23.6 Å². The van der Waals surface area contributed by atoms with Crippen molar-refractivity contribution in [1.29, 1.82) is 0 Å². The molecule has 3 unspecified atom stereocenters. The summed E-state index contributed by atoms with van der Waals surface area (Å²) in [7, 11) is 0. The van der Waals surface area contributed by atoms with E-state index < -0.39 is 54.5 Å². The molecule has 3 atom stereocenters. The number of hydrogen-bond acceptors (Lipinski definition) is 6. The molecular formula is C25H27F4N5O5. The summed E-state index contributed by atoms with van der Waals surface area (Å²) in [5.74, 6) is -3.21. The van der Waals surface area contributed by atoms with Gasteiger partial charge in [0, 0.05) is 18.0 Å². The second-order valence-electron chi connectivity index (χ2n) is 9.59. The Bertz CT molecular complexity index is 1210. The molecule has 2 aromatic rings. The maximum atomic E-state index is 13.3. The van der Waals surface area contributed by atoms with Gasteiger partial charge in [-0.3, -0.25) is 19.1 Å². The average molecular weight is 554 g/mol. The number of benzene rings is 1. The summed E-state index contributed by atoms with van der Waals surface area (Å²) in [6, 6.07) is 3.56. The molecule has 10 nitrogen and oxygen atoms in total. The van der Waals surface area contributed by atoms with Crippen LogP contribution < -0.4 is 16.0 Å². The quantitative estimate of drug-likeness (QED) is 0.367. The highest BCUT2D eigenvalue weighted by atomic mass is 19.4. The van der Waals surface area contributed by atoms with Crippen molar-refractivity contribution in [2.75, 3.05) is 13.2 Å². The number of aromatic nitrogens is 2. The van der Waals surface area contributed by atoms with Gasteiger partial charge in [-0.15, -0.1) is 13.2 Å². The third-order valence-electron chi connectivity index (χ3n) is 6.62. The lowest BCUT2D eigenvalue weighted by atomic mass is 9.95. The molecule has 1 aromatic carbocycles. The summed E-state index contributed by atoms with van der Waals surface area (Å²) < 4.78 is 55.6. The molecule has 0 radical (unpaired) electrons. The standard InChI is InChI=1S/C25H27F4N5O5/c26-17-5-3-15(4-6-17)20-8-10-31-34(20)24(38)33-19(11-14-1-2-14)23(37)32-18(12-16-7-9-30-22(16)36)21(35)13-39-25(27,28)29/h3-6,8,10,14,16,18-19H,1-2,7,9,11-13H2,(H,30,36)(H,32,37)(H,33,38). The van der Waals surface area contributed by atoms with Gasteiger partial charge < -0.3 is 16.0 Å². The molecular weight excluding hydrogens is 526 g/mol. The van der Waals surface area contributed by atoms with Crippen molar-refractivity contribution in [3.8, 4) is 11.3 Å². The van der Waals surface area contributed by atoms with Gasteiger partial charge in [0.1, 0.15) is 18.5 Å². The number of Topliss-reactive ketones (excluding diaryl/α,β-unsaturated/α-hetero) is 1. The summed E-state index contributed by atoms with van der Waals surface area (Å²) >= 11 is 0. The van der Waals surface area contributed by atoms with Crippen LogP contribution in [0.2, 0.25) is 0 Å². The van der Waals surface area contributed by atoms with Gasteiger partial charge in [0.25, 0.3) is 0 Å². The van der Waals surface area contributed by atoms with Crippen LogP contribution in [0.25, 0.3) is 11.3 Å². The number of amides is 3. The van der Waals surface area contributed by atoms with E-state index in [0.717, 1.165) is 17.5 Å². The number of rotatable bonds is 11. The van der Waals surface area contributed by atoms with Gasteiger partial charge in [0.05, 0.1) is 17.9 Å². The first kappa shape index (κ1) is 28.2. The zero-order chi connectivity index (χ0) is 28.2. The van der Waals surface area contributed by atoms with E-state index in [2.05, 4.69) is 25.8 Å². The predicted octanol–water partition coefficient (Wildman–Crippen LogP) is 2.53. The van der Waals surface area contributed by atoms with E-state index >= 15 is 0 Å². The molecule has 0 bridgehead atoms. The van der Waals surface area contributed by atoms with Gasteiger partial charge >= 0.3 is 12.4 Å². The van der Waals surface area contributed by atoms with E-state index in [1.165, 1.54) is 36.5 Å². The Morgan fingerprint density at radius 1 is 1.05 bits per heavy atom. The normalized spacial score (nSPS) is 18.8. The van der Waals surface area contributed by atoms with Crippen molar-refractivity contribution in [2.45, 2.75) is 50.6 Å². The van der Waals surface area contributed by atoms with Crippen molar-refractivity contribution in [3.05, 3.63) is 42.3 Å². The fraction of sp³-hybridized carbons (Fsp3) is 0.480. The Morgan fingerprint density at radius 3 is 2.38 bits per heavy atom. The molecule has 1 saturated heterocycles. The number of ether oxygens (including phenoxy) is 1. The Hall–Kier alpha value is -3.81. The van der Waals surface area contributed by atoms with Crippen LogP contribution in [-0.2, 0) is 19.1 Å². The van der Waals surface area contributed by atoms with E-state index in [9.17, 15) is 36.7 Å². The van der Waals surface area contributed by atoms with E-state index in [-0.39, 0.29) is 24.7 Å². The third-order valence-corrected chi connectivity index (χ3v) is 6.62. The van der Waals surface area contributed by atoms with Gasteiger partial charge in [0.15, 0.2) is 5.78 Å². The molecule has 39 heavy (non-hydrogen) atoms. The Morgan fingerprint density at radius 2 is 1.77 bits per heavy atom. The Labute approximate surface area is 220 Å². The second kappa shape index (κ2) is 11.9. The number of carbonyl (C=O) groups excluding carboxylic acids is 4. The van der Waals surface area contributed by atoms with Crippen molar-refractivity contribution in [3.63, 3.8) is 0 Å². The Balaban J connectivity index is 1.48. The second-order valence-corrected chi connectivity index (χ2v) is 9.59. The van der Waals surface area contributed by atoms with Gasteiger partial charge in [-0.2, -0.15) is 9.78 Å². The molecule has 2 fully saturated rings. The largest absolute Gasteiger partial charge is 0.522 e. The maximum Gasteiger partial charge on any atom is 0.522 e. The molecule has 1 aliphatic carbocycles. The summed E-state index contributed by atoms with van der Waals surface area (Å²) in [5.41, 5.74) is 0.833. The molecule has 1 aromatic heterocycles. The fourth-order valence-corrected chi connectivity index (χ4v) is 4.38. The van der Waals surface area contributed by atoms with Crippen LogP contribution >= 0.6 is 0 Å². The SMILES string of the molecule is O=C1NCCC1CC(NC(=O)C(CC1CC1)NC(=O)n1nccc1-c1ccc(F)cc1)C(=O)COC(F)(F)F. The van der Waals surface area contributed by atoms with Crippen molar-refractivity contribution < 1.29 is 41.5 Å². The smallest absolute Gasteiger partial charge is 0.356 e. The molecule has 3 amide bonds. The van der Waals surface area contributed by atoms with Crippen molar-refractivity contribution in [1.82, 2.24) is 25.7 Å². The third kappa shape index (κ3) is 7.85. The first-order chi connectivity index (χ1) is 18.5. The number of halogens is 4. The predicted molar refractivity (Wildman–Crippen MR) is 127 cm³/mol. The lowest BCUT2D eigenvalue weighted by molar-refractivity contribution is -0.321. The van der Waals surface area contributed by atoms with E-state index in [1.54, 1.807) is 0 Å². The van der Waals surface area contributed by atoms with Gasteiger partial charge in [0.2, 0.25) is 11.8 Å². The fourth-order valence-electron chi connectivity index (χ4n) is 4.38. The zero-order valence-corrected chi connectivity index (χ0v) is 20.7. The minimum atomic E-state index is -5.05. The number of alkyl halides is 3. The van der Waals surface area contributed by atoms with Crippen LogP contribution in [-0.4, -0.2) is 65.0 Å². The number of nitrogens with zero attached hydrogens (tertiary/aromatic N) is 2. The molecule has 14 heteroatoms. The topological polar surface area (TPSA) is 131 Å². The molecule has 2 aliphatic rings. The van der Waals surface area contributed by atoms with E-state index in [1.807, 2.05) is 0 Å². The minimum Gasteiger partial charge on any atom is -0.356 e. The summed E-state index contributed by atoms with van der Waals surface area (Å²) in [6.45, 7) is -0.991. The lowest BCUT2D eigenvalue weighted by Gasteiger charge is -2.24. The molecule has 210 valence electrons. The van der Waals surface area contributed by atoms with E-state index in [4.69, 9.17) is 0 Å². The van der Waals surface area contributed by atoms with Crippen LogP contribution in [0.5, 0.6) is 0 Å². The minimum absolute atomic E-state index is 0.138. The van der Waals surface area contributed by atoms with Crippen LogP contribution in [0, 0.1) is 17.7 Å². The highest BCUT2D eigenvalue weighted by molar-refractivity contribution is 5.94. The lowest BCUT2D eigenvalue weighted by Crippen LogP contribution is -2.53. The van der Waals surface area contributed by atoms with Crippen molar-refractivity contribution in [2.24, 2.45) is 11.8 Å². The molecule has 1 aliphatic heterocycles. The van der Waals surface area contributed by atoms with Crippen LogP contribution in [0.4, 0.5) is 22.4 Å². The molecule has 2 heterocycles. The maximum absolute atomic E-state index is 13.3. The van der Waals surface area contributed by atoms with E-state index in [0.29, 0.717) is 24.2 Å². The van der Waals surface area contributed by atoms with Crippen LogP contribution in [0.1, 0.15) is 32.1 Å². The number of ketones is 1. The zero-order valence-electron chi connectivity index (χ0n) is 20.7. The molecule has 4 rings (SSSR count). The number of hydrogen-bond donors (Lipinski definition) is 3. The summed E-state index contributed by atoms with van der Waals surface area (Å²) in [4.78, 5) is 51.0. The molecule has 3 N–H and O–H groups in total. The van der Waals surface area contributed by atoms with Gasteiger partial charge in [-0.25, -0.2) is 9.18 Å². The first-order valence-electron chi connectivity index (χ1n) is 12.4. The highest BCUT2D eigenvalue weighted by Gasteiger charge is 2.37. The number of carbonyl (C=O) groups is 4. The highest BCUT2D eigenvalue weighted by Crippen LogP contribution is 2.33. The Kier molecular flexibility index (Phi) is 8.63. The average Bonchev–Trinajstić information content (AvgIpc) is 3.39.